The smallest absolute Gasteiger partial charge is 0.188 e. The minimum Gasteiger partial charge on any atom is -0.370 e. The lowest BCUT2D eigenvalue weighted by molar-refractivity contribution is 0.451. The molecule has 1 aromatic heterocycles. The van der Waals surface area contributed by atoms with E-state index < -0.39 is 0 Å². The summed E-state index contributed by atoms with van der Waals surface area (Å²) in [6, 6.07) is 17.0. The molecule has 0 bridgehead atoms. The average Bonchev–Trinajstić information content (AvgIpc) is 3.37. The Bertz CT molecular complexity index is 1260. The topological polar surface area (TPSA) is 137 Å². The zero-order valence-corrected chi connectivity index (χ0v) is 21.1. The normalized spacial score (nSPS) is 15.8. The zero-order chi connectivity index (χ0) is 25.9. The highest BCUT2D eigenvalue weighted by molar-refractivity contribution is 5.78. The highest BCUT2D eigenvalue weighted by Crippen LogP contribution is 2.29. The number of nitrogens with zero attached hydrogens (tertiary/aromatic N) is 5. The molecule has 0 saturated heterocycles. The summed E-state index contributed by atoms with van der Waals surface area (Å²) in [5, 5.41) is 24.3. The molecule has 2 aliphatic rings. The molecule has 9 nitrogen and oxygen atoms in total. The van der Waals surface area contributed by atoms with Gasteiger partial charge >= 0.3 is 0 Å². The van der Waals surface area contributed by atoms with Crippen molar-refractivity contribution in [1.82, 2.24) is 24.6 Å². The molecule has 2 aliphatic heterocycles. The first-order chi connectivity index (χ1) is 17.9. The maximum atomic E-state index is 7.61. The summed E-state index contributed by atoms with van der Waals surface area (Å²) in [5.41, 5.74) is 18.2. The molecule has 2 aromatic carbocycles. The van der Waals surface area contributed by atoms with Gasteiger partial charge < -0.3 is 25.8 Å². The number of rotatable bonds is 5. The average molecular weight is 496 g/mol. The van der Waals surface area contributed by atoms with Crippen LogP contribution in [0.5, 0.6) is 0 Å². The molecule has 37 heavy (non-hydrogen) atoms. The minimum absolute atomic E-state index is 0.127. The molecular formula is C28H33N9. The van der Waals surface area contributed by atoms with Crippen molar-refractivity contribution in [2.75, 3.05) is 26.2 Å². The van der Waals surface area contributed by atoms with Gasteiger partial charge in [0.2, 0.25) is 0 Å². The van der Waals surface area contributed by atoms with E-state index in [1.54, 1.807) is 0 Å². The van der Waals surface area contributed by atoms with E-state index in [2.05, 4.69) is 82.4 Å². The molecule has 6 N–H and O–H groups in total. The molecule has 0 atom stereocenters. The van der Waals surface area contributed by atoms with Gasteiger partial charge in [0.1, 0.15) is 0 Å². The van der Waals surface area contributed by atoms with Crippen molar-refractivity contribution in [3.05, 3.63) is 71.8 Å². The summed E-state index contributed by atoms with van der Waals surface area (Å²) in [6.45, 7) is 5.76. The van der Waals surface area contributed by atoms with Crippen LogP contribution >= 0.6 is 0 Å². The Morgan fingerprint density at radius 1 is 0.703 bits per heavy atom. The van der Waals surface area contributed by atoms with Gasteiger partial charge in [-0.1, -0.05) is 60.7 Å². The molecule has 0 aliphatic carbocycles. The van der Waals surface area contributed by atoms with Crippen LogP contribution in [0.3, 0.4) is 0 Å². The summed E-state index contributed by atoms with van der Waals surface area (Å²) >= 11 is 0. The number of aromatic nitrogens is 3. The standard InChI is InChI=1S/C28H33N9/c1-2-37-25(23-7-3-19(4-8-23)21-11-15-35(16-12-21)27(29)30)33-34-26(37)24-9-5-20(6-10-24)22-13-17-36(18-14-22)28(31)32/h3-11,13H,2,12,14-18H2,1H3,(H3,29,30)(H3,31,32). The van der Waals surface area contributed by atoms with Crippen LogP contribution in [0.1, 0.15) is 30.9 Å². The third-order valence-corrected chi connectivity index (χ3v) is 7.19. The minimum atomic E-state index is 0.127. The van der Waals surface area contributed by atoms with Crippen molar-refractivity contribution in [3.63, 3.8) is 0 Å². The Kier molecular flexibility index (Phi) is 6.76. The number of hydrogen-bond acceptors (Lipinski definition) is 4. The summed E-state index contributed by atoms with van der Waals surface area (Å²) in [6.07, 6.45) is 6.05. The molecule has 0 saturated carbocycles. The summed E-state index contributed by atoms with van der Waals surface area (Å²) in [4.78, 5) is 3.73. The fraction of sp³-hybridized carbons (Fsp3) is 0.286. The molecule has 190 valence electrons. The Hall–Kier alpha value is -4.40. The molecule has 0 fully saturated rings. The van der Waals surface area contributed by atoms with E-state index in [9.17, 15) is 0 Å². The van der Waals surface area contributed by atoms with Crippen LogP contribution in [0.15, 0.2) is 60.7 Å². The third-order valence-electron chi connectivity index (χ3n) is 7.19. The van der Waals surface area contributed by atoms with Crippen LogP contribution in [0, 0.1) is 10.8 Å². The van der Waals surface area contributed by atoms with Crippen molar-refractivity contribution in [1.29, 1.82) is 10.8 Å². The lowest BCUT2D eigenvalue weighted by Crippen LogP contribution is -2.39. The van der Waals surface area contributed by atoms with Crippen LogP contribution in [0.2, 0.25) is 0 Å². The number of hydrogen-bond donors (Lipinski definition) is 4. The SMILES string of the molecule is CCn1c(-c2ccc(C3=CCN(C(=N)N)CC3)cc2)nnc1-c1ccc(C2=CCN(C(=N)N)CC2)cc1. The van der Waals surface area contributed by atoms with Crippen molar-refractivity contribution in [3.8, 4) is 22.8 Å². The van der Waals surface area contributed by atoms with Gasteiger partial charge in [-0.25, -0.2) is 0 Å². The predicted octanol–water partition coefficient (Wildman–Crippen LogP) is 3.60. The van der Waals surface area contributed by atoms with Gasteiger partial charge in [-0.2, -0.15) is 0 Å². The Morgan fingerprint density at radius 2 is 1.08 bits per heavy atom. The van der Waals surface area contributed by atoms with Crippen molar-refractivity contribution in [2.24, 2.45) is 11.5 Å². The quantitative estimate of drug-likeness (QED) is 0.315. The van der Waals surface area contributed by atoms with Gasteiger partial charge in [0.15, 0.2) is 23.6 Å². The van der Waals surface area contributed by atoms with Crippen LogP contribution in [-0.4, -0.2) is 62.7 Å². The van der Waals surface area contributed by atoms with E-state index in [1.807, 2.05) is 9.80 Å². The molecule has 0 spiro atoms. The second-order valence-corrected chi connectivity index (χ2v) is 9.37. The fourth-order valence-corrected chi connectivity index (χ4v) is 5.00. The highest BCUT2D eigenvalue weighted by Gasteiger charge is 2.18. The largest absolute Gasteiger partial charge is 0.370 e. The van der Waals surface area contributed by atoms with E-state index in [0.29, 0.717) is 13.1 Å². The van der Waals surface area contributed by atoms with E-state index in [-0.39, 0.29) is 11.9 Å². The second-order valence-electron chi connectivity index (χ2n) is 9.37. The number of nitrogens with one attached hydrogen (secondary N) is 2. The van der Waals surface area contributed by atoms with Crippen LogP contribution in [0.4, 0.5) is 0 Å². The number of benzene rings is 2. The lowest BCUT2D eigenvalue weighted by atomic mass is 9.98. The molecule has 5 rings (SSSR count). The molecule has 9 heteroatoms. The van der Waals surface area contributed by atoms with Gasteiger partial charge in [0.25, 0.3) is 0 Å². The monoisotopic (exact) mass is 495 g/mol. The summed E-state index contributed by atoms with van der Waals surface area (Å²) in [5.74, 6) is 1.96. The fourth-order valence-electron chi connectivity index (χ4n) is 5.00. The second kappa shape index (κ2) is 10.3. The van der Waals surface area contributed by atoms with Crippen LogP contribution in [0.25, 0.3) is 33.9 Å². The van der Waals surface area contributed by atoms with Gasteiger partial charge in [-0.15, -0.1) is 10.2 Å². The van der Waals surface area contributed by atoms with Crippen molar-refractivity contribution in [2.45, 2.75) is 26.3 Å². The summed E-state index contributed by atoms with van der Waals surface area (Å²) < 4.78 is 2.15. The third kappa shape index (κ3) is 4.97. The van der Waals surface area contributed by atoms with Gasteiger partial charge in [0, 0.05) is 43.9 Å². The van der Waals surface area contributed by atoms with E-state index in [1.165, 1.54) is 22.3 Å². The Labute approximate surface area is 217 Å². The van der Waals surface area contributed by atoms with E-state index in [4.69, 9.17) is 22.3 Å². The predicted molar refractivity (Wildman–Crippen MR) is 149 cm³/mol. The van der Waals surface area contributed by atoms with Gasteiger partial charge in [0.05, 0.1) is 0 Å². The molecule has 0 unspecified atom stereocenters. The number of nitrogens with two attached hydrogens (primary N) is 2. The zero-order valence-electron chi connectivity index (χ0n) is 21.1. The maximum Gasteiger partial charge on any atom is 0.188 e. The summed E-state index contributed by atoms with van der Waals surface area (Å²) in [7, 11) is 0. The van der Waals surface area contributed by atoms with Gasteiger partial charge in [-0.3, -0.25) is 10.8 Å². The van der Waals surface area contributed by atoms with E-state index in [0.717, 1.165) is 55.3 Å². The Balaban J connectivity index is 1.34. The Morgan fingerprint density at radius 3 is 1.38 bits per heavy atom. The van der Waals surface area contributed by atoms with Crippen molar-refractivity contribution >= 4 is 23.1 Å². The first kappa shape index (κ1) is 24.3. The molecule has 0 amide bonds. The maximum absolute atomic E-state index is 7.61. The first-order valence-corrected chi connectivity index (χ1v) is 12.7. The van der Waals surface area contributed by atoms with Gasteiger partial charge in [-0.05, 0) is 42.0 Å². The van der Waals surface area contributed by atoms with Crippen molar-refractivity contribution < 1.29 is 0 Å². The highest BCUT2D eigenvalue weighted by atomic mass is 15.3. The first-order valence-electron chi connectivity index (χ1n) is 12.7. The van der Waals surface area contributed by atoms with Crippen LogP contribution in [-0.2, 0) is 6.54 Å². The molecule has 3 heterocycles. The van der Waals surface area contributed by atoms with Crippen LogP contribution < -0.4 is 11.5 Å². The molecular weight excluding hydrogens is 462 g/mol. The lowest BCUT2D eigenvalue weighted by Gasteiger charge is -2.26. The number of guanidine groups is 2. The molecule has 3 aromatic rings. The van der Waals surface area contributed by atoms with E-state index >= 15 is 0 Å². The molecule has 0 radical (unpaired) electrons.